The maximum atomic E-state index is 12.4. The zero-order valence-electron chi connectivity index (χ0n) is 18.1. The molecule has 2 fully saturated rings. The molecule has 9 heteroatoms. The lowest BCUT2D eigenvalue weighted by Gasteiger charge is -2.37. The van der Waals surface area contributed by atoms with Crippen LogP contribution in [-0.4, -0.2) is 49.9 Å². The summed E-state index contributed by atoms with van der Waals surface area (Å²) in [6.07, 6.45) is 6.11. The number of amides is 1. The van der Waals surface area contributed by atoms with E-state index in [0.717, 1.165) is 21.5 Å². The molecule has 2 aromatic carbocycles. The molecule has 7 nitrogen and oxygen atoms in total. The molecule has 1 saturated carbocycles. The Labute approximate surface area is 205 Å². The molecule has 1 amide bonds. The van der Waals surface area contributed by atoms with Gasteiger partial charge >= 0.3 is 5.97 Å². The zero-order valence-corrected chi connectivity index (χ0v) is 19.7. The second-order valence-corrected chi connectivity index (χ2v) is 10.4. The largest absolute Gasteiger partial charge is 0.481 e. The number of carboxylic acids is 1. The number of halogens is 1. The Kier molecular flexibility index (Phi) is 5.22. The first-order chi connectivity index (χ1) is 16.4. The first-order valence-electron chi connectivity index (χ1n) is 11.2. The summed E-state index contributed by atoms with van der Waals surface area (Å²) in [5, 5.41) is 16.0. The molecule has 0 spiro atoms. The van der Waals surface area contributed by atoms with Crippen molar-refractivity contribution >= 4 is 57.4 Å². The van der Waals surface area contributed by atoms with E-state index >= 15 is 0 Å². The number of likely N-dealkylation sites (tertiary alicyclic amines) is 1. The summed E-state index contributed by atoms with van der Waals surface area (Å²) in [5.41, 5.74) is 4.50. The molecule has 0 atom stereocenters. The lowest BCUT2D eigenvalue weighted by molar-refractivity contribution is -0.145. The minimum atomic E-state index is -0.810. The van der Waals surface area contributed by atoms with Gasteiger partial charge in [-0.3, -0.25) is 14.3 Å². The summed E-state index contributed by atoms with van der Waals surface area (Å²) in [7, 11) is 0. The van der Waals surface area contributed by atoms with E-state index < -0.39 is 11.9 Å². The van der Waals surface area contributed by atoms with Gasteiger partial charge in [0, 0.05) is 23.5 Å². The van der Waals surface area contributed by atoms with E-state index in [1.54, 1.807) is 0 Å². The van der Waals surface area contributed by atoms with Crippen LogP contribution in [0.1, 0.15) is 35.4 Å². The van der Waals surface area contributed by atoms with Crippen LogP contribution in [0, 0.1) is 5.92 Å². The van der Waals surface area contributed by atoms with Gasteiger partial charge in [-0.2, -0.15) is 10.1 Å². The van der Waals surface area contributed by atoms with Gasteiger partial charge < -0.3 is 10.0 Å². The molecule has 2 aliphatic heterocycles. The summed E-state index contributed by atoms with van der Waals surface area (Å²) >= 11 is 7.53. The molecule has 3 heterocycles. The summed E-state index contributed by atoms with van der Waals surface area (Å²) in [6.45, 7) is 1.47. The minimum absolute atomic E-state index is 0.287. The third kappa shape index (κ3) is 4.01. The molecule has 1 saturated heterocycles. The third-order valence-electron chi connectivity index (χ3n) is 6.52. The minimum Gasteiger partial charge on any atom is -0.481 e. The number of aliphatic carboxylic acids is 1. The highest BCUT2D eigenvalue weighted by Gasteiger charge is 2.37. The van der Waals surface area contributed by atoms with Crippen molar-refractivity contribution in [3.8, 4) is 0 Å². The number of hydrogen-bond donors (Lipinski definition) is 1. The number of aliphatic imine (C=N–C) groups is 1. The van der Waals surface area contributed by atoms with Gasteiger partial charge in [0.05, 0.1) is 29.1 Å². The molecule has 1 N–H and O–H groups in total. The number of nitrogens with zero attached hydrogens (tertiary/aromatic N) is 4. The van der Waals surface area contributed by atoms with Crippen LogP contribution in [0.4, 0.5) is 0 Å². The Bertz CT molecular complexity index is 1400. The molecule has 6 rings (SSSR count). The van der Waals surface area contributed by atoms with E-state index in [0.29, 0.717) is 35.6 Å². The number of aromatic nitrogens is 2. The highest BCUT2D eigenvalue weighted by atomic mass is 35.5. The van der Waals surface area contributed by atoms with E-state index in [9.17, 15) is 9.59 Å². The summed E-state index contributed by atoms with van der Waals surface area (Å²) in [4.78, 5) is 29.9. The van der Waals surface area contributed by atoms with E-state index in [-0.39, 0.29) is 5.91 Å². The molecule has 3 aromatic rings. The number of fused-ring (bicyclic) bond motifs is 1. The smallest absolute Gasteiger partial charge is 0.310 e. The van der Waals surface area contributed by atoms with Gasteiger partial charge in [0.1, 0.15) is 0 Å². The number of amidine groups is 1. The molecular formula is C25H21ClN4O3S. The van der Waals surface area contributed by atoms with Crippen molar-refractivity contribution in [2.24, 2.45) is 10.9 Å². The molecular weight excluding hydrogens is 472 g/mol. The molecule has 34 heavy (non-hydrogen) atoms. The average molecular weight is 493 g/mol. The number of carboxylic acid groups (broad SMARTS) is 1. The van der Waals surface area contributed by atoms with Crippen LogP contribution in [0.2, 0.25) is 5.02 Å². The molecule has 0 unspecified atom stereocenters. The van der Waals surface area contributed by atoms with Crippen LogP contribution in [0.3, 0.4) is 0 Å². The van der Waals surface area contributed by atoms with Gasteiger partial charge in [-0.25, -0.2) is 0 Å². The fourth-order valence-electron chi connectivity index (χ4n) is 4.44. The Morgan fingerprint density at radius 3 is 2.79 bits per heavy atom. The number of carbonyl (C=O) groups excluding carboxylic acids is 1. The standard InChI is InChI=1S/C25H21ClN4O3S/c26-19-5-4-16(20(9-19)15-2-3-15)13-30-21-6-1-14(7-17(21)10-27-30)8-22-23(31)28-25(34-22)29-11-18(12-29)24(32)33/h1,4-10,15,18H,2-3,11-13H2,(H,32,33). The lowest BCUT2D eigenvalue weighted by Crippen LogP contribution is -2.51. The van der Waals surface area contributed by atoms with Crippen molar-refractivity contribution in [1.82, 2.24) is 14.7 Å². The molecule has 1 aliphatic carbocycles. The summed E-state index contributed by atoms with van der Waals surface area (Å²) < 4.78 is 2.00. The molecule has 172 valence electrons. The second-order valence-electron chi connectivity index (χ2n) is 8.99. The van der Waals surface area contributed by atoms with E-state index in [4.69, 9.17) is 16.7 Å². The van der Waals surface area contributed by atoms with Crippen LogP contribution in [0.15, 0.2) is 52.5 Å². The Hall–Kier alpha value is -3.10. The normalized spacial score (nSPS) is 19.7. The summed E-state index contributed by atoms with van der Waals surface area (Å²) in [5.74, 6) is -0.882. The average Bonchev–Trinajstić information content (AvgIpc) is 3.46. The zero-order chi connectivity index (χ0) is 23.4. The number of hydrogen-bond acceptors (Lipinski definition) is 5. The predicted molar refractivity (Wildman–Crippen MR) is 133 cm³/mol. The second kappa shape index (κ2) is 8.29. The first-order valence-corrected chi connectivity index (χ1v) is 12.4. The Balaban J connectivity index is 1.20. The lowest BCUT2D eigenvalue weighted by atomic mass is 10.0. The van der Waals surface area contributed by atoms with Crippen molar-refractivity contribution in [3.05, 3.63) is 69.2 Å². The Morgan fingerprint density at radius 2 is 2.03 bits per heavy atom. The van der Waals surface area contributed by atoms with Gasteiger partial charge in [-0.1, -0.05) is 23.7 Å². The predicted octanol–water partition coefficient (Wildman–Crippen LogP) is 4.60. The van der Waals surface area contributed by atoms with E-state index in [1.165, 1.54) is 35.7 Å². The molecule has 0 bridgehead atoms. The molecule has 3 aliphatic rings. The Morgan fingerprint density at radius 1 is 1.21 bits per heavy atom. The summed E-state index contributed by atoms with van der Waals surface area (Å²) in [6, 6.07) is 12.1. The fourth-order valence-corrected chi connectivity index (χ4v) is 5.55. The fraction of sp³-hybridized carbons (Fsp3) is 0.280. The van der Waals surface area contributed by atoms with Crippen LogP contribution >= 0.6 is 23.4 Å². The van der Waals surface area contributed by atoms with Crippen LogP contribution in [-0.2, 0) is 16.1 Å². The third-order valence-corrected chi connectivity index (χ3v) is 7.80. The first kappa shape index (κ1) is 21.4. The maximum Gasteiger partial charge on any atom is 0.310 e. The van der Waals surface area contributed by atoms with Gasteiger partial charge in [0.15, 0.2) is 5.17 Å². The van der Waals surface area contributed by atoms with Crippen molar-refractivity contribution in [1.29, 1.82) is 0 Å². The quantitative estimate of drug-likeness (QED) is 0.524. The molecule has 0 radical (unpaired) electrons. The number of benzene rings is 2. The maximum absolute atomic E-state index is 12.4. The van der Waals surface area contributed by atoms with Crippen molar-refractivity contribution in [3.63, 3.8) is 0 Å². The van der Waals surface area contributed by atoms with Crippen LogP contribution < -0.4 is 0 Å². The monoisotopic (exact) mass is 492 g/mol. The number of thioether (sulfide) groups is 1. The highest BCUT2D eigenvalue weighted by Crippen LogP contribution is 2.43. The highest BCUT2D eigenvalue weighted by molar-refractivity contribution is 8.18. The van der Waals surface area contributed by atoms with E-state index in [1.807, 2.05) is 46.1 Å². The van der Waals surface area contributed by atoms with E-state index in [2.05, 4.69) is 22.2 Å². The van der Waals surface area contributed by atoms with Crippen LogP contribution in [0.5, 0.6) is 0 Å². The number of rotatable bonds is 5. The number of carbonyl (C=O) groups is 2. The van der Waals surface area contributed by atoms with Crippen LogP contribution in [0.25, 0.3) is 17.0 Å². The van der Waals surface area contributed by atoms with Crippen molar-refractivity contribution < 1.29 is 14.7 Å². The topological polar surface area (TPSA) is 87.8 Å². The van der Waals surface area contributed by atoms with Gasteiger partial charge in [0.25, 0.3) is 5.91 Å². The van der Waals surface area contributed by atoms with Gasteiger partial charge in [-0.15, -0.1) is 0 Å². The van der Waals surface area contributed by atoms with Gasteiger partial charge in [0.2, 0.25) is 0 Å². The van der Waals surface area contributed by atoms with Crippen molar-refractivity contribution in [2.75, 3.05) is 13.1 Å². The van der Waals surface area contributed by atoms with Gasteiger partial charge in [-0.05, 0) is 77.6 Å². The van der Waals surface area contributed by atoms with Crippen molar-refractivity contribution in [2.45, 2.75) is 25.3 Å². The SMILES string of the molecule is O=C1N=C(N2CC(C(=O)O)C2)SC1=Cc1ccc2c(cnn2Cc2ccc(Cl)cc2C2CC2)c1. The molecule has 1 aromatic heterocycles.